The Kier molecular flexibility index (Phi) is 3.64. The van der Waals surface area contributed by atoms with E-state index < -0.39 is 40.6 Å². The number of hydrogen-bond donors (Lipinski definition) is 0. The standard InChI is InChI=1S/C19H23NO7/c1-17(2)18(3)7-8-19(17,27-14(18)21)15(22)25-10-12-13(11-6-5-9-24-11)20(4)16(23)26-12/h5-6,9,12-13H,7-8,10H2,1-4H3/t12-,13+,18+,19-/m1/s1. The first-order valence-electron chi connectivity index (χ1n) is 9.01. The third-order valence-corrected chi connectivity index (χ3v) is 6.94. The second-order valence-corrected chi connectivity index (χ2v) is 8.27. The van der Waals surface area contributed by atoms with Crippen molar-refractivity contribution in [3.8, 4) is 0 Å². The molecule has 1 aromatic rings. The minimum atomic E-state index is -1.30. The fourth-order valence-electron chi connectivity index (χ4n) is 4.58. The molecule has 2 aliphatic heterocycles. The molecular formula is C19H23NO7. The van der Waals surface area contributed by atoms with Gasteiger partial charge in [-0.2, -0.15) is 0 Å². The molecule has 1 amide bonds. The first kappa shape index (κ1) is 17.9. The minimum absolute atomic E-state index is 0.146. The first-order valence-corrected chi connectivity index (χ1v) is 9.01. The molecule has 1 aliphatic carbocycles. The van der Waals surface area contributed by atoms with Crippen molar-refractivity contribution in [3.63, 3.8) is 0 Å². The average molecular weight is 377 g/mol. The number of nitrogens with zero attached hydrogens (tertiary/aromatic N) is 1. The maximum Gasteiger partial charge on any atom is 0.410 e. The highest BCUT2D eigenvalue weighted by atomic mass is 16.6. The SMILES string of the molecule is CN1C(=O)O[C@H](COC(=O)[C@@]23CC[C@@](C)(C(=O)O2)C3(C)C)[C@@H]1c1ccco1. The Hall–Kier alpha value is -2.51. The zero-order valence-electron chi connectivity index (χ0n) is 15.8. The number of cyclic esters (lactones) is 1. The molecule has 0 spiro atoms. The van der Waals surface area contributed by atoms with E-state index in [2.05, 4.69) is 0 Å². The monoisotopic (exact) mass is 377 g/mol. The highest BCUT2D eigenvalue weighted by Crippen LogP contribution is 2.65. The number of rotatable bonds is 4. The molecule has 1 saturated carbocycles. The van der Waals surface area contributed by atoms with Gasteiger partial charge < -0.3 is 18.6 Å². The van der Waals surface area contributed by atoms with Crippen LogP contribution in [0.3, 0.4) is 0 Å². The number of ether oxygens (including phenoxy) is 3. The Bertz CT molecular complexity index is 801. The molecule has 2 saturated heterocycles. The van der Waals surface area contributed by atoms with E-state index in [-0.39, 0.29) is 12.6 Å². The van der Waals surface area contributed by atoms with Gasteiger partial charge in [0.05, 0.1) is 11.7 Å². The third-order valence-electron chi connectivity index (χ3n) is 6.94. The normalized spacial score (nSPS) is 36.7. The highest BCUT2D eigenvalue weighted by molar-refractivity contribution is 5.93. The summed E-state index contributed by atoms with van der Waals surface area (Å²) >= 11 is 0. The van der Waals surface area contributed by atoms with Crippen LogP contribution in [0.5, 0.6) is 0 Å². The Labute approximate surface area is 156 Å². The van der Waals surface area contributed by atoms with E-state index in [4.69, 9.17) is 18.6 Å². The Morgan fingerprint density at radius 1 is 1.30 bits per heavy atom. The van der Waals surface area contributed by atoms with Crippen LogP contribution in [-0.2, 0) is 23.8 Å². The van der Waals surface area contributed by atoms with Gasteiger partial charge >= 0.3 is 18.0 Å². The molecule has 0 radical (unpaired) electrons. The van der Waals surface area contributed by atoms with Crippen LogP contribution in [0.25, 0.3) is 0 Å². The van der Waals surface area contributed by atoms with Gasteiger partial charge in [-0.25, -0.2) is 9.59 Å². The van der Waals surface area contributed by atoms with Crippen LogP contribution in [-0.4, -0.2) is 48.3 Å². The number of furan rings is 1. The lowest BCUT2D eigenvalue weighted by Gasteiger charge is -2.34. The van der Waals surface area contributed by atoms with Gasteiger partial charge in [0.15, 0.2) is 6.10 Å². The van der Waals surface area contributed by atoms with Crippen LogP contribution in [0.2, 0.25) is 0 Å². The summed E-state index contributed by atoms with van der Waals surface area (Å²) < 4.78 is 21.8. The fraction of sp³-hybridized carbons (Fsp3) is 0.632. The number of hydrogen-bond acceptors (Lipinski definition) is 7. The van der Waals surface area contributed by atoms with Crippen molar-refractivity contribution >= 4 is 18.0 Å². The number of esters is 2. The van der Waals surface area contributed by atoms with E-state index in [1.165, 1.54) is 11.2 Å². The summed E-state index contributed by atoms with van der Waals surface area (Å²) in [7, 11) is 1.60. The summed E-state index contributed by atoms with van der Waals surface area (Å²) in [5.41, 5.74) is -2.69. The van der Waals surface area contributed by atoms with Gasteiger partial charge in [-0.3, -0.25) is 9.69 Å². The number of likely N-dealkylation sites (N-methyl/N-ethyl adjacent to an activating group) is 1. The Morgan fingerprint density at radius 3 is 2.59 bits per heavy atom. The predicted molar refractivity (Wildman–Crippen MR) is 90.4 cm³/mol. The molecule has 1 aromatic heterocycles. The molecule has 4 rings (SSSR count). The molecule has 3 fully saturated rings. The van der Waals surface area contributed by atoms with Crippen molar-refractivity contribution in [2.24, 2.45) is 10.8 Å². The average Bonchev–Trinajstić information content (AvgIpc) is 3.30. The number of amides is 1. The summed E-state index contributed by atoms with van der Waals surface area (Å²) in [5.74, 6) is -0.411. The molecular weight excluding hydrogens is 354 g/mol. The molecule has 0 N–H and O–H groups in total. The van der Waals surface area contributed by atoms with Crippen molar-refractivity contribution in [2.45, 2.75) is 51.4 Å². The van der Waals surface area contributed by atoms with E-state index in [0.717, 1.165) is 0 Å². The molecule has 27 heavy (non-hydrogen) atoms. The van der Waals surface area contributed by atoms with E-state index in [0.29, 0.717) is 18.6 Å². The largest absolute Gasteiger partial charge is 0.467 e. The topological polar surface area (TPSA) is 95.3 Å². The minimum Gasteiger partial charge on any atom is -0.467 e. The van der Waals surface area contributed by atoms with Crippen LogP contribution in [0.15, 0.2) is 22.8 Å². The molecule has 2 bridgehead atoms. The Balaban J connectivity index is 1.51. The zero-order valence-corrected chi connectivity index (χ0v) is 15.8. The van der Waals surface area contributed by atoms with E-state index in [1.807, 2.05) is 20.8 Å². The van der Waals surface area contributed by atoms with Crippen molar-refractivity contribution in [1.29, 1.82) is 0 Å². The van der Waals surface area contributed by atoms with Crippen molar-refractivity contribution < 1.29 is 33.0 Å². The quantitative estimate of drug-likeness (QED) is 0.587. The molecule has 0 unspecified atom stereocenters. The number of carbonyl (C=O) groups is 3. The maximum atomic E-state index is 13.0. The van der Waals surface area contributed by atoms with Crippen LogP contribution < -0.4 is 0 Å². The lowest BCUT2D eigenvalue weighted by atomic mass is 9.66. The maximum absolute atomic E-state index is 13.0. The molecule has 3 aliphatic rings. The van der Waals surface area contributed by atoms with Crippen molar-refractivity contribution in [1.82, 2.24) is 4.90 Å². The van der Waals surface area contributed by atoms with Crippen LogP contribution in [0.1, 0.15) is 45.4 Å². The van der Waals surface area contributed by atoms with Gasteiger partial charge in [-0.1, -0.05) is 13.8 Å². The van der Waals surface area contributed by atoms with Gasteiger partial charge in [0.2, 0.25) is 5.60 Å². The van der Waals surface area contributed by atoms with Gasteiger partial charge in [0, 0.05) is 12.5 Å². The van der Waals surface area contributed by atoms with Gasteiger partial charge in [0.25, 0.3) is 0 Å². The summed E-state index contributed by atoms with van der Waals surface area (Å²) in [6.07, 6.45) is 1.28. The molecule has 146 valence electrons. The lowest BCUT2D eigenvalue weighted by molar-refractivity contribution is -0.185. The van der Waals surface area contributed by atoms with Crippen LogP contribution >= 0.6 is 0 Å². The summed E-state index contributed by atoms with van der Waals surface area (Å²) in [4.78, 5) is 38.6. The van der Waals surface area contributed by atoms with E-state index >= 15 is 0 Å². The van der Waals surface area contributed by atoms with Crippen LogP contribution in [0.4, 0.5) is 4.79 Å². The van der Waals surface area contributed by atoms with E-state index in [9.17, 15) is 14.4 Å². The second kappa shape index (κ2) is 5.50. The Morgan fingerprint density at radius 2 is 2.04 bits per heavy atom. The first-order chi connectivity index (χ1) is 12.6. The van der Waals surface area contributed by atoms with Gasteiger partial charge in [-0.05, 0) is 31.9 Å². The van der Waals surface area contributed by atoms with Crippen LogP contribution in [0, 0.1) is 10.8 Å². The van der Waals surface area contributed by atoms with Gasteiger partial charge in [-0.15, -0.1) is 0 Å². The number of fused-ring (bicyclic) bond motifs is 2. The van der Waals surface area contributed by atoms with Crippen molar-refractivity contribution in [2.75, 3.05) is 13.7 Å². The van der Waals surface area contributed by atoms with Crippen molar-refractivity contribution in [3.05, 3.63) is 24.2 Å². The molecule has 8 nitrogen and oxygen atoms in total. The highest BCUT2D eigenvalue weighted by Gasteiger charge is 2.76. The molecule has 4 atom stereocenters. The summed E-state index contributed by atoms with van der Waals surface area (Å²) in [5, 5.41) is 0. The fourth-order valence-corrected chi connectivity index (χ4v) is 4.58. The van der Waals surface area contributed by atoms with Gasteiger partial charge in [0.1, 0.15) is 18.4 Å². The summed E-state index contributed by atoms with van der Waals surface area (Å²) in [6.45, 7) is 5.41. The number of carbonyl (C=O) groups excluding carboxylic acids is 3. The zero-order chi connectivity index (χ0) is 19.6. The lowest BCUT2D eigenvalue weighted by Crippen LogP contribution is -2.49. The summed E-state index contributed by atoms with van der Waals surface area (Å²) in [6, 6.07) is 2.96. The van der Waals surface area contributed by atoms with E-state index in [1.54, 1.807) is 19.2 Å². The third kappa shape index (κ3) is 2.12. The molecule has 3 heterocycles. The smallest absolute Gasteiger partial charge is 0.410 e. The molecule has 8 heteroatoms. The molecule has 0 aromatic carbocycles. The predicted octanol–water partition coefficient (Wildman–Crippen LogP) is 2.44. The second-order valence-electron chi connectivity index (χ2n) is 8.27.